The highest BCUT2D eigenvalue weighted by Crippen LogP contribution is 2.42. The summed E-state index contributed by atoms with van der Waals surface area (Å²) in [6, 6.07) is 2.67. The van der Waals surface area contributed by atoms with Crippen LogP contribution in [0.25, 0.3) is 0 Å². The van der Waals surface area contributed by atoms with E-state index < -0.39 is 5.91 Å². The van der Waals surface area contributed by atoms with Crippen LogP contribution in [0.2, 0.25) is 0 Å². The minimum absolute atomic E-state index is 0.148. The molecule has 3 rings (SSSR count). The first-order chi connectivity index (χ1) is 9.15. The lowest BCUT2D eigenvalue weighted by atomic mass is 10.2. The summed E-state index contributed by atoms with van der Waals surface area (Å²) in [5.74, 6) is 0.167. The zero-order chi connectivity index (χ0) is 13.4. The predicted molar refractivity (Wildman–Crippen MR) is 67.8 cm³/mol. The number of rotatable bonds is 3. The number of hydrogen-bond acceptors (Lipinski definition) is 5. The fraction of sp³-hybridized carbons (Fsp3) is 0.273. The minimum atomic E-state index is -0.458. The lowest BCUT2D eigenvalue weighted by molar-refractivity contribution is 0.102. The molecule has 1 aliphatic carbocycles. The van der Waals surface area contributed by atoms with E-state index in [0.717, 1.165) is 18.5 Å². The molecule has 1 amide bonds. The van der Waals surface area contributed by atoms with Crippen molar-refractivity contribution >= 4 is 17.4 Å². The van der Waals surface area contributed by atoms with E-state index in [0.29, 0.717) is 11.6 Å². The van der Waals surface area contributed by atoms with Gasteiger partial charge in [-0.25, -0.2) is 5.10 Å². The van der Waals surface area contributed by atoms with Gasteiger partial charge in [-0.1, -0.05) is 0 Å². The smallest absolute Gasteiger partial charge is 0.279 e. The van der Waals surface area contributed by atoms with Crippen molar-refractivity contribution < 1.29 is 4.79 Å². The van der Waals surface area contributed by atoms with Crippen LogP contribution in [0.15, 0.2) is 16.9 Å². The van der Waals surface area contributed by atoms with Crippen LogP contribution < -0.4 is 16.6 Å². The number of nitrogen functional groups attached to an aromatic ring is 1. The van der Waals surface area contributed by atoms with E-state index in [2.05, 4.69) is 25.7 Å². The summed E-state index contributed by atoms with van der Waals surface area (Å²) in [4.78, 5) is 22.8. The van der Waals surface area contributed by atoms with Crippen molar-refractivity contribution in [3.8, 4) is 0 Å². The molecule has 0 aliphatic heterocycles. The molecule has 8 heteroatoms. The molecule has 1 fully saturated rings. The van der Waals surface area contributed by atoms with Crippen LogP contribution in [-0.2, 0) is 0 Å². The average Bonchev–Trinajstić information content (AvgIpc) is 3.15. The van der Waals surface area contributed by atoms with Crippen LogP contribution in [0.5, 0.6) is 0 Å². The second-order valence-corrected chi connectivity index (χ2v) is 4.43. The van der Waals surface area contributed by atoms with Gasteiger partial charge in [-0.2, -0.15) is 10.2 Å². The Balaban J connectivity index is 1.80. The Hall–Kier alpha value is -2.64. The molecule has 2 heterocycles. The molecule has 0 bridgehead atoms. The van der Waals surface area contributed by atoms with Gasteiger partial charge in [0.2, 0.25) is 0 Å². The number of aromatic nitrogens is 4. The molecular weight excluding hydrogens is 248 g/mol. The summed E-state index contributed by atoms with van der Waals surface area (Å²) in [5.41, 5.74) is 6.90. The number of carbonyl (C=O) groups excluding carboxylic acids is 1. The van der Waals surface area contributed by atoms with Crippen molar-refractivity contribution in [3.63, 3.8) is 0 Å². The van der Waals surface area contributed by atoms with Gasteiger partial charge in [0.1, 0.15) is 0 Å². The van der Waals surface area contributed by atoms with E-state index in [4.69, 9.17) is 5.73 Å². The molecule has 0 unspecified atom stereocenters. The van der Waals surface area contributed by atoms with E-state index in [-0.39, 0.29) is 17.1 Å². The van der Waals surface area contributed by atoms with Crippen molar-refractivity contribution in [2.45, 2.75) is 18.8 Å². The molecule has 0 saturated heterocycles. The van der Waals surface area contributed by atoms with E-state index in [1.807, 2.05) is 0 Å². The maximum atomic E-state index is 12.0. The molecule has 2 aromatic rings. The van der Waals surface area contributed by atoms with Crippen molar-refractivity contribution in [2.24, 2.45) is 0 Å². The summed E-state index contributed by atoms with van der Waals surface area (Å²) in [6.07, 6.45) is 2.13. The van der Waals surface area contributed by atoms with E-state index in [1.54, 1.807) is 0 Å². The van der Waals surface area contributed by atoms with Crippen molar-refractivity contribution in [3.05, 3.63) is 33.9 Å². The van der Waals surface area contributed by atoms with Crippen LogP contribution in [0.1, 0.15) is 34.9 Å². The predicted octanol–water partition coefficient (Wildman–Crippen LogP) is 0.205. The Morgan fingerprint density at radius 1 is 1.32 bits per heavy atom. The third-order valence-corrected chi connectivity index (χ3v) is 2.95. The third kappa shape index (κ3) is 2.19. The molecule has 0 spiro atoms. The van der Waals surface area contributed by atoms with E-state index in [9.17, 15) is 9.59 Å². The molecule has 2 aromatic heterocycles. The monoisotopic (exact) mass is 260 g/mol. The van der Waals surface area contributed by atoms with Gasteiger partial charge in [0, 0.05) is 12.0 Å². The molecule has 1 aliphatic rings. The van der Waals surface area contributed by atoms with Crippen molar-refractivity contribution in [2.75, 3.05) is 11.1 Å². The number of nitrogens with two attached hydrogens (primary N) is 1. The number of aromatic amines is 2. The van der Waals surface area contributed by atoms with Gasteiger partial charge in [0.15, 0.2) is 11.5 Å². The number of hydrogen-bond donors (Lipinski definition) is 4. The quantitative estimate of drug-likeness (QED) is 0.626. The fourth-order valence-electron chi connectivity index (χ4n) is 1.81. The lowest BCUT2D eigenvalue weighted by Crippen LogP contribution is -2.17. The van der Waals surface area contributed by atoms with Crippen LogP contribution in [0, 0.1) is 0 Å². The van der Waals surface area contributed by atoms with Crippen LogP contribution in [0.3, 0.4) is 0 Å². The Labute approximate surface area is 107 Å². The van der Waals surface area contributed by atoms with Gasteiger partial charge in [0.25, 0.3) is 11.5 Å². The summed E-state index contributed by atoms with van der Waals surface area (Å²) in [5, 5.41) is 15.1. The standard InChI is InChI=1S/C11H12N6O2/c12-8-9(5-1-2-5)16-17-10(8)11(19)13-6-3-4-7(18)15-14-6/h3-5H,1-2,12H2,(H,15,18)(H,16,17)(H,13,14,19). The van der Waals surface area contributed by atoms with Gasteiger partial charge in [-0.3, -0.25) is 14.7 Å². The van der Waals surface area contributed by atoms with Gasteiger partial charge in [0.05, 0.1) is 11.4 Å². The summed E-state index contributed by atoms with van der Waals surface area (Å²) < 4.78 is 0. The Bertz CT molecular complexity index is 664. The van der Waals surface area contributed by atoms with Crippen LogP contribution in [0.4, 0.5) is 11.5 Å². The number of amides is 1. The molecule has 0 aromatic carbocycles. The van der Waals surface area contributed by atoms with E-state index >= 15 is 0 Å². The highest BCUT2D eigenvalue weighted by molar-refractivity contribution is 6.06. The summed E-state index contributed by atoms with van der Waals surface area (Å²) >= 11 is 0. The molecule has 0 radical (unpaired) electrons. The largest absolute Gasteiger partial charge is 0.395 e. The number of carbonyl (C=O) groups is 1. The second kappa shape index (κ2) is 4.23. The third-order valence-electron chi connectivity index (χ3n) is 2.95. The molecule has 98 valence electrons. The zero-order valence-corrected chi connectivity index (χ0v) is 9.93. The summed E-state index contributed by atoms with van der Waals surface area (Å²) in [6.45, 7) is 0. The lowest BCUT2D eigenvalue weighted by Gasteiger charge is -2.01. The zero-order valence-electron chi connectivity index (χ0n) is 9.93. The molecule has 5 N–H and O–H groups in total. The Morgan fingerprint density at radius 3 is 2.74 bits per heavy atom. The topological polar surface area (TPSA) is 130 Å². The molecule has 19 heavy (non-hydrogen) atoms. The Morgan fingerprint density at radius 2 is 2.11 bits per heavy atom. The van der Waals surface area contributed by atoms with Crippen molar-refractivity contribution in [1.82, 2.24) is 20.4 Å². The van der Waals surface area contributed by atoms with Gasteiger partial charge >= 0.3 is 0 Å². The maximum absolute atomic E-state index is 12.0. The average molecular weight is 260 g/mol. The van der Waals surface area contributed by atoms with Gasteiger partial charge < -0.3 is 11.1 Å². The van der Waals surface area contributed by atoms with E-state index in [1.165, 1.54) is 12.1 Å². The molecule has 0 atom stereocenters. The SMILES string of the molecule is Nc1c(C(=O)Nc2ccc(=O)[nH]n2)n[nH]c1C1CC1. The van der Waals surface area contributed by atoms with Crippen LogP contribution in [-0.4, -0.2) is 26.3 Å². The number of nitrogens with zero attached hydrogens (tertiary/aromatic N) is 2. The fourth-order valence-corrected chi connectivity index (χ4v) is 1.81. The van der Waals surface area contributed by atoms with Gasteiger partial charge in [-0.05, 0) is 18.9 Å². The summed E-state index contributed by atoms with van der Waals surface area (Å²) in [7, 11) is 0. The normalized spacial score (nSPS) is 14.3. The maximum Gasteiger partial charge on any atom is 0.279 e. The number of nitrogens with one attached hydrogen (secondary N) is 3. The number of H-pyrrole nitrogens is 2. The highest BCUT2D eigenvalue weighted by atomic mass is 16.2. The first-order valence-corrected chi connectivity index (χ1v) is 5.86. The second-order valence-electron chi connectivity index (χ2n) is 4.43. The van der Waals surface area contributed by atoms with Crippen LogP contribution >= 0.6 is 0 Å². The first-order valence-electron chi connectivity index (χ1n) is 5.86. The Kier molecular flexibility index (Phi) is 2.55. The van der Waals surface area contributed by atoms with Gasteiger partial charge in [-0.15, -0.1) is 0 Å². The molecule has 8 nitrogen and oxygen atoms in total. The number of anilines is 2. The minimum Gasteiger partial charge on any atom is -0.395 e. The first kappa shape index (κ1) is 11.5. The molecular formula is C11H12N6O2. The highest BCUT2D eigenvalue weighted by Gasteiger charge is 2.30. The molecule has 1 saturated carbocycles. The van der Waals surface area contributed by atoms with Crippen molar-refractivity contribution in [1.29, 1.82) is 0 Å².